The van der Waals surface area contributed by atoms with Gasteiger partial charge in [0, 0.05) is 14.1 Å². The van der Waals surface area contributed by atoms with E-state index in [0.29, 0.717) is 5.75 Å². The van der Waals surface area contributed by atoms with E-state index in [2.05, 4.69) is 0 Å². The Hall–Kier alpha value is -0.220. The maximum atomic E-state index is 10.9. The fourth-order valence-electron chi connectivity index (χ4n) is 0.704. The number of carbonyl (C=O) groups is 1. The minimum Gasteiger partial charge on any atom is -0.272 e. The van der Waals surface area contributed by atoms with E-state index in [1.807, 2.05) is 19.1 Å². The van der Waals surface area contributed by atoms with Crippen LogP contribution in [0.1, 0.15) is 0 Å². The van der Waals surface area contributed by atoms with Crippen molar-refractivity contribution >= 4 is 17.7 Å². The molecule has 0 aromatic carbocycles. The lowest BCUT2D eigenvalue weighted by Gasteiger charge is -2.21. The maximum absolute atomic E-state index is 10.9. The fourth-order valence-corrected chi connectivity index (χ4v) is 1.67. The standard InChI is InChI=1S/C5H10N2OS/c1-6(2)7-4-9-3-5(7)8/h3-4H2,1-2H3. The molecule has 0 aliphatic carbocycles. The van der Waals surface area contributed by atoms with Crippen molar-refractivity contribution in [3.63, 3.8) is 0 Å². The van der Waals surface area contributed by atoms with Crippen molar-refractivity contribution in [2.45, 2.75) is 0 Å². The first-order chi connectivity index (χ1) is 4.22. The minimum absolute atomic E-state index is 0.213. The van der Waals surface area contributed by atoms with Crippen LogP contribution in [0.25, 0.3) is 0 Å². The third-order valence-corrected chi connectivity index (χ3v) is 2.09. The normalized spacial score (nSPS) is 19.9. The summed E-state index contributed by atoms with van der Waals surface area (Å²) in [5.74, 6) is 1.66. The second kappa shape index (κ2) is 2.58. The molecule has 1 rings (SSSR count). The van der Waals surface area contributed by atoms with Gasteiger partial charge in [0.1, 0.15) is 0 Å². The Morgan fingerprint density at radius 2 is 2.33 bits per heavy atom. The van der Waals surface area contributed by atoms with Crippen molar-refractivity contribution in [2.75, 3.05) is 25.7 Å². The summed E-state index contributed by atoms with van der Waals surface area (Å²) < 4.78 is 0. The molecule has 0 spiro atoms. The average molecular weight is 146 g/mol. The molecule has 3 nitrogen and oxygen atoms in total. The summed E-state index contributed by atoms with van der Waals surface area (Å²) in [5, 5.41) is 3.55. The summed E-state index contributed by atoms with van der Waals surface area (Å²) in [4.78, 5) is 10.9. The third-order valence-electron chi connectivity index (χ3n) is 1.21. The Morgan fingerprint density at radius 3 is 2.56 bits per heavy atom. The number of hydrogen-bond donors (Lipinski definition) is 0. The van der Waals surface area contributed by atoms with Gasteiger partial charge in [-0.05, 0) is 0 Å². The van der Waals surface area contributed by atoms with E-state index in [1.54, 1.807) is 16.8 Å². The first-order valence-corrected chi connectivity index (χ1v) is 3.92. The second-order valence-corrected chi connectivity index (χ2v) is 3.07. The number of nitrogens with zero attached hydrogens (tertiary/aromatic N) is 2. The van der Waals surface area contributed by atoms with Crippen LogP contribution in [0.3, 0.4) is 0 Å². The van der Waals surface area contributed by atoms with E-state index in [9.17, 15) is 4.79 Å². The van der Waals surface area contributed by atoms with Gasteiger partial charge in [0.15, 0.2) is 0 Å². The topological polar surface area (TPSA) is 23.6 Å². The lowest BCUT2D eigenvalue weighted by Crippen LogP contribution is -2.37. The van der Waals surface area contributed by atoms with Crippen molar-refractivity contribution in [3.05, 3.63) is 0 Å². The Balaban J connectivity index is 2.49. The van der Waals surface area contributed by atoms with Crippen molar-refractivity contribution in [3.8, 4) is 0 Å². The molecule has 0 unspecified atom stereocenters. The van der Waals surface area contributed by atoms with Crippen LogP contribution in [0.4, 0.5) is 0 Å². The summed E-state index contributed by atoms with van der Waals surface area (Å²) in [6.07, 6.45) is 0. The summed E-state index contributed by atoms with van der Waals surface area (Å²) in [6.45, 7) is 0. The molecule has 0 radical (unpaired) electrons. The highest BCUT2D eigenvalue weighted by molar-refractivity contribution is 8.00. The molecule has 1 amide bonds. The van der Waals surface area contributed by atoms with Crippen molar-refractivity contribution < 1.29 is 4.79 Å². The molecule has 0 N–H and O–H groups in total. The average Bonchev–Trinajstić information content (AvgIpc) is 2.13. The van der Waals surface area contributed by atoms with Crippen LogP contribution in [-0.4, -0.2) is 41.6 Å². The lowest BCUT2D eigenvalue weighted by molar-refractivity contribution is -0.137. The molecular formula is C5H10N2OS. The van der Waals surface area contributed by atoms with Gasteiger partial charge in [-0.2, -0.15) is 0 Å². The Morgan fingerprint density at radius 1 is 1.67 bits per heavy atom. The number of thioether (sulfide) groups is 1. The van der Waals surface area contributed by atoms with Gasteiger partial charge in [-0.25, -0.2) is 5.01 Å². The number of amides is 1. The van der Waals surface area contributed by atoms with E-state index in [4.69, 9.17) is 0 Å². The number of hydrogen-bond acceptors (Lipinski definition) is 3. The van der Waals surface area contributed by atoms with Crippen LogP contribution in [0.2, 0.25) is 0 Å². The van der Waals surface area contributed by atoms with Crippen LogP contribution in [-0.2, 0) is 4.79 Å². The SMILES string of the molecule is CN(C)N1CSCC1=O. The minimum atomic E-state index is 0.213. The number of hydrazine groups is 1. The Bertz CT molecular complexity index is 126. The van der Waals surface area contributed by atoms with Crippen molar-refractivity contribution in [2.24, 2.45) is 0 Å². The van der Waals surface area contributed by atoms with Crippen LogP contribution in [0.5, 0.6) is 0 Å². The molecular weight excluding hydrogens is 136 g/mol. The summed E-state index contributed by atoms with van der Waals surface area (Å²) in [7, 11) is 3.76. The highest BCUT2D eigenvalue weighted by Crippen LogP contribution is 2.14. The van der Waals surface area contributed by atoms with Gasteiger partial charge in [0.05, 0.1) is 11.6 Å². The van der Waals surface area contributed by atoms with Gasteiger partial charge in [-0.1, -0.05) is 0 Å². The van der Waals surface area contributed by atoms with Crippen LogP contribution in [0.15, 0.2) is 0 Å². The van der Waals surface area contributed by atoms with Crippen LogP contribution < -0.4 is 0 Å². The largest absolute Gasteiger partial charge is 0.272 e. The molecule has 0 saturated carbocycles. The van der Waals surface area contributed by atoms with Crippen LogP contribution >= 0.6 is 11.8 Å². The van der Waals surface area contributed by atoms with E-state index in [1.165, 1.54) is 0 Å². The molecule has 0 atom stereocenters. The second-order valence-electron chi connectivity index (χ2n) is 2.12. The van der Waals surface area contributed by atoms with E-state index >= 15 is 0 Å². The molecule has 1 heterocycles. The summed E-state index contributed by atoms with van der Waals surface area (Å²) >= 11 is 1.65. The molecule has 0 aromatic heterocycles. The monoisotopic (exact) mass is 146 g/mol. The molecule has 4 heteroatoms. The first-order valence-electron chi connectivity index (χ1n) is 2.77. The highest BCUT2D eigenvalue weighted by atomic mass is 32.2. The van der Waals surface area contributed by atoms with E-state index in [0.717, 1.165) is 5.88 Å². The quantitative estimate of drug-likeness (QED) is 0.520. The van der Waals surface area contributed by atoms with Gasteiger partial charge < -0.3 is 0 Å². The van der Waals surface area contributed by atoms with Crippen LogP contribution in [0, 0.1) is 0 Å². The van der Waals surface area contributed by atoms with E-state index in [-0.39, 0.29) is 5.91 Å². The van der Waals surface area contributed by atoms with Gasteiger partial charge in [0.25, 0.3) is 0 Å². The smallest absolute Gasteiger partial charge is 0.247 e. The van der Waals surface area contributed by atoms with Crippen molar-refractivity contribution in [1.29, 1.82) is 0 Å². The maximum Gasteiger partial charge on any atom is 0.247 e. The zero-order valence-electron chi connectivity index (χ0n) is 5.63. The molecule has 0 bridgehead atoms. The predicted molar refractivity (Wildman–Crippen MR) is 37.9 cm³/mol. The first kappa shape index (κ1) is 6.89. The molecule has 0 aromatic rings. The molecule has 52 valence electrons. The summed E-state index contributed by atoms with van der Waals surface area (Å²) in [6, 6.07) is 0. The predicted octanol–water partition coefficient (Wildman–Crippen LogP) is -0.00410. The summed E-state index contributed by atoms with van der Waals surface area (Å²) in [5.41, 5.74) is 0. The molecule has 9 heavy (non-hydrogen) atoms. The Labute approximate surface area is 59.0 Å². The Kier molecular flexibility index (Phi) is 1.97. The van der Waals surface area contributed by atoms with Crippen molar-refractivity contribution in [1.82, 2.24) is 10.0 Å². The number of carbonyl (C=O) groups excluding carboxylic acids is 1. The molecule has 1 saturated heterocycles. The lowest BCUT2D eigenvalue weighted by atomic mass is 10.7. The van der Waals surface area contributed by atoms with Gasteiger partial charge in [0.2, 0.25) is 5.91 Å². The fraction of sp³-hybridized carbons (Fsp3) is 0.800. The molecule has 1 aliphatic heterocycles. The van der Waals surface area contributed by atoms with Gasteiger partial charge >= 0.3 is 0 Å². The third kappa shape index (κ3) is 1.37. The zero-order valence-corrected chi connectivity index (χ0v) is 6.44. The zero-order chi connectivity index (χ0) is 6.85. The molecule has 1 aliphatic rings. The van der Waals surface area contributed by atoms with Gasteiger partial charge in [-0.3, -0.25) is 9.80 Å². The van der Waals surface area contributed by atoms with Gasteiger partial charge in [-0.15, -0.1) is 11.8 Å². The van der Waals surface area contributed by atoms with E-state index < -0.39 is 0 Å². The highest BCUT2D eigenvalue weighted by Gasteiger charge is 2.21. The number of rotatable bonds is 1. The molecule has 1 fully saturated rings.